The molecular formula is C34H35F4N3O3. The number of carbonyl (C=O) groups excluding carboxylic acids is 1. The van der Waals surface area contributed by atoms with Gasteiger partial charge in [0.05, 0.1) is 31.1 Å². The van der Waals surface area contributed by atoms with Crippen LogP contribution in [0.5, 0.6) is 11.5 Å². The molecule has 0 bridgehead atoms. The lowest BCUT2D eigenvalue weighted by Gasteiger charge is -2.23. The van der Waals surface area contributed by atoms with Crippen LogP contribution < -0.4 is 9.47 Å². The second kappa shape index (κ2) is 11.7. The quantitative estimate of drug-likeness (QED) is 0.173. The minimum Gasteiger partial charge on any atom is -0.493 e. The second-order valence-corrected chi connectivity index (χ2v) is 12.3. The van der Waals surface area contributed by atoms with E-state index in [2.05, 4.69) is 15.8 Å². The molecule has 232 valence electrons. The third kappa shape index (κ3) is 6.22. The molecule has 1 fully saturated rings. The summed E-state index contributed by atoms with van der Waals surface area (Å²) in [4.78, 5) is 17.3. The zero-order chi connectivity index (χ0) is 31.9. The molecule has 1 aliphatic carbocycles. The summed E-state index contributed by atoms with van der Waals surface area (Å²) in [5.41, 5.74) is 4.32. The highest BCUT2D eigenvalue weighted by molar-refractivity contribution is 6.12. The smallest absolute Gasteiger partial charge is 0.400 e. The van der Waals surface area contributed by atoms with Crippen molar-refractivity contribution >= 4 is 29.3 Å². The van der Waals surface area contributed by atoms with Crippen molar-refractivity contribution in [1.82, 2.24) is 9.78 Å². The van der Waals surface area contributed by atoms with Gasteiger partial charge in [-0.1, -0.05) is 12.1 Å². The number of allylic oxidation sites excluding steroid dienone is 1. The number of aryl methyl sites for hydroxylation is 1. The SMILES string of the molecule is COc1cc2c(cc1OC)N=CC(c1ccc(CC(=O)CCCc3cc(C4(C(F)(F)F)CC4)nn3C(C)(C)C)c(F)c1)=C=C2. The van der Waals surface area contributed by atoms with Gasteiger partial charge in [0.2, 0.25) is 0 Å². The third-order valence-corrected chi connectivity index (χ3v) is 8.09. The van der Waals surface area contributed by atoms with Crippen LogP contribution >= 0.6 is 0 Å². The number of hydrogen-bond donors (Lipinski definition) is 0. The Labute approximate surface area is 254 Å². The minimum atomic E-state index is -4.35. The zero-order valence-corrected chi connectivity index (χ0v) is 25.4. The van der Waals surface area contributed by atoms with Crippen LogP contribution in [0.4, 0.5) is 23.2 Å². The number of Topliss-reactive ketones (excluding diaryl/α,β-unsaturated/α-hetero) is 1. The Bertz CT molecular complexity index is 1680. The van der Waals surface area contributed by atoms with Crippen LogP contribution in [-0.4, -0.2) is 42.2 Å². The number of halogens is 4. The Morgan fingerprint density at radius 3 is 2.36 bits per heavy atom. The number of aliphatic imine (C=N–C) groups is 1. The number of ether oxygens (including phenoxy) is 2. The van der Waals surface area contributed by atoms with Crippen molar-refractivity contribution in [3.8, 4) is 11.5 Å². The molecule has 6 nitrogen and oxygen atoms in total. The number of aromatic nitrogens is 2. The molecule has 0 unspecified atom stereocenters. The Balaban J connectivity index is 1.24. The van der Waals surface area contributed by atoms with E-state index in [0.717, 1.165) is 5.56 Å². The summed E-state index contributed by atoms with van der Waals surface area (Å²) in [6.07, 6.45) is -0.0211. The number of benzene rings is 2. The molecule has 0 saturated heterocycles. The number of fused-ring (bicyclic) bond motifs is 1. The third-order valence-electron chi connectivity index (χ3n) is 8.09. The summed E-state index contributed by atoms with van der Waals surface area (Å²) >= 11 is 0. The molecule has 3 aromatic rings. The largest absolute Gasteiger partial charge is 0.493 e. The Hall–Kier alpha value is -4.17. The monoisotopic (exact) mass is 609 g/mol. The summed E-state index contributed by atoms with van der Waals surface area (Å²) in [6.45, 7) is 5.66. The number of methoxy groups -OCH3 is 2. The summed E-state index contributed by atoms with van der Waals surface area (Å²) < 4.78 is 68.7. The van der Waals surface area contributed by atoms with E-state index in [1.54, 1.807) is 61.5 Å². The van der Waals surface area contributed by atoms with Gasteiger partial charge in [0.15, 0.2) is 11.5 Å². The maximum Gasteiger partial charge on any atom is 0.400 e. The standard InChI is InChI=1S/C34H35F4N3O3/c1-32(2,3)41-25(18-31(40-41)33(13-14-33)34(36,37)38)7-6-8-26(42)15-22-10-9-21(16-27(22)35)24-12-11-23-17-29(43-4)30(44-5)19-28(23)39-20-24/h9-11,16-20H,6-8,13-15H2,1-5H3. The molecule has 0 radical (unpaired) electrons. The molecule has 2 aliphatic rings. The second-order valence-electron chi connectivity index (χ2n) is 12.3. The molecule has 0 N–H and O–H groups in total. The maximum absolute atomic E-state index is 15.1. The Morgan fingerprint density at radius 2 is 1.75 bits per heavy atom. The molecule has 2 aromatic carbocycles. The Morgan fingerprint density at radius 1 is 1.05 bits per heavy atom. The van der Waals surface area contributed by atoms with Crippen LogP contribution in [0.25, 0.3) is 11.6 Å². The van der Waals surface area contributed by atoms with Gasteiger partial charge in [0.1, 0.15) is 17.0 Å². The highest BCUT2D eigenvalue weighted by Crippen LogP contribution is 2.58. The molecule has 0 spiro atoms. The van der Waals surface area contributed by atoms with Crippen LogP contribution in [0.1, 0.15) is 74.5 Å². The predicted molar refractivity (Wildman–Crippen MR) is 161 cm³/mol. The van der Waals surface area contributed by atoms with Gasteiger partial charge in [-0.05, 0) is 81.9 Å². The lowest BCUT2D eigenvalue weighted by atomic mass is 9.99. The first-order valence-electron chi connectivity index (χ1n) is 14.5. The van der Waals surface area contributed by atoms with E-state index >= 15 is 4.39 Å². The van der Waals surface area contributed by atoms with Crippen LogP contribution in [-0.2, 0) is 28.6 Å². The molecule has 44 heavy (non-hydrogen) atoms. The van der Waals surface area contributed by atoms with Gasteiger partial charge in [-0.15, -0.1) is 5.73 Å². The lowest BCUT2D eigenvalue weighted by molar-refractivity contribution is -0.161. The maximum atomic E-state index is 15.1. The first-order chi connectivity index (χ1) is 20.8. The average Bonchev–Trinajstić information content (AvgIpc) is 3.71. The molecule has 10 heteroatoms. The summed E-state index contributed by atoms with van der Waals surface area (Å²) in [5.74, 6) is 0.431. The van der Waals surface area contributed by atoms with Crippen LogP contribution in [0, 0.1) is 5.82 Å². The van der Waals surface area contributed by atoms with Gasteiger partial charge >= 0.3 is 6.18 Å². The van der Waals surface area contributed by atoms with Crippen LogP contribution in [0.15, 0.2) is 47.1 Å². The van der Waals surface area contributed by atoms with Crippen molar-refractivity contribution < 1.29 is 31.8 Å². The molecule has 0 amide bonds. The summed E-state index contributed by atoms with van der Waals surface area (Å²) in [5, 5.41) is 4.37. The van der Waals surface area contributed by atoms with Crippen molar-refractivity contribution in [3.63, 3.8) is 0 Å². The van der Waals surface area contributed by atoms with Crippen LogP contribution in [0.3, 0.4) is 0 Å². The highest BCUT2D eigenvalue weighted by Gasteiger charge is 2.65. The topological polar surface area (TPSA) is 65.7 Å². The number of rotatable bonds is 10. The highest BCUT2D eigenvalue weighted by atomic mass is 19.4. The molecule has 0 atom stereocenters. The fourth-order valence-electron chi connectivity index (χ4n) is 5.44. The zero-order valence-electron chi connectivity index (χ0n) is 25.4. The van der Waals surface area contributed by atoms with Gasteiger partial charge in [0, 0.05) is 42.0 Å². The van der Waals surface area contributed by atoms with Gasteiger partial charge in [-0.3, -0.25) is 14.5 Å². The molecule has 1 saturated carbocycles. The average molecular weight is 610 g/mol. The first kappa shape index (κ1) is 31.3. The summed E-state index contributed by atoms with van der Waals surface area (Å²) in [7, 11) is 3.09. The van der Waals surface area contributed by atoms with E-state index in [9.17, 15) is 18.0 Å². The van der Waals surface area contributed by atoms with Crippen LogP contribution in [0.2, 0.25) is 0 Å². The number of ketones is 1. The van der Waals surface area contributed by atoms with Crippen molar-refractivity contribution in [2.24, 2.45) is 4.99 Å². The minimum absolute atomic E-state index is 0.0401. The van der Waals surface area contributed by atoms with Gasteiger partial charge in [-0.25, -0.2) is 4.39 Å². The van der Waals surface area contributed by atoms with E-state index in [1.807, 2.05) is 20.8 Å². The fraction of sp³-hybridized carbons (Fsp3) is 0.412. The molecule has 2 heterocycles. The number of hydrogen-bond acceptors (Lipinski definition) is 5. The van der Waals surface area contributed by atoms with E-state index in [1.165, 1.54) is 6.07 Å². The molecule has 1 aromatic heterocycles. The number of alkyl halides is 3. The van der Waals surface area contributed by atoms with E-state index < -0.39 is 22.9 Å². The van der Waals surface area contributed by atoms with Crippen molar-refractivity contribution in [1.29, 1.82) is 0 Å². The lowest BCUT2D eigenvalue weighted by Crippen LogP contribution is -2.30. The van der Waals surface area contributed by atoms with Gasteiger partial charge in [0.25, 0.3) is 0 Å². The molecule has 5 rings (SSSR count). The van der Waals surface area contributed by atoms with Crippen molar-refractivity contribution in [2.45, 2.75) is 76.4 Å². The number of carbonyl (C=O) groups is 1. The van der Waals surface area contributed by atoms with E-state index in [4.69, 9.17) is 9.47 Å². The Kier molecular flexibility index (Phi) is 8.33. The first-order valence-corrected chi connectivity index (χ1v) is 14.5. The fourth-order valence-corrected chi connectivity index (χ4v) is 5.44. The van der Waals surface area contributed by atoms with E-state index in [-0.39, 0.29) is 42.7 Å². The molecular weight excluding hydrogens is 574 g/mol. The summed E-state index contributed by atoms with van der Waals surface area (Å²) in [6, 6.07) is 9.76. The van der Waals surface area contributed by atoms with E-state index in [0.29, 0.717) is 46.9 Å². The van der Waals surface area contributed by atoms with Gasteiger partial charge in [-0.2, -0.15) is 18.3 Å². The molecule has 1 aliphatic heterocycles. The predicted octanol–water partition coefficient (Wildman–Crippen LogP) is 7.93. The normalized spacial score (nSPS) is 15.4. The van der Waals surface area contributed by atoms with Crippen molar-refractivity contribution in [2.75, 3.05) is 14.2 Å². The van der Waals surface area contributed by atoms with Gasteiger partial charge < -0.3 is 9.47 Å². The number of nitrogens with zero attached hydrogens (tertiary/aromatic N) is 3. The van der Waals surface area contributed by atoms with Crippen molar-refractivity contribution in [3.05, 3.63) is 76.0 Å².